The van der Waals surface area contributed by atoms with Crippen molar-refractivity contribution in [2.75, 3.05) is 0 Å². The molecule has 0 bridgehead atoms. The third-order valence-electron chi connectivity index (χ3n) is 2.79. The molecular formula is C16H28O. The van der Waals surface area contributed by atoms with Crippen LogP contribution in [0.2, 0.25) is 0 Å². The van der Waals surface area contributed by atoms with Crippen molar-refractivity contribution in [3.63, 3.8) is 0 Å². The van der Waals surface area contributed by atoms with E-state index in [1.807, 2.05) is 32.0 Å². The molecule has 0 aromatic heterocycles. The van der Waals surface area contributed by atoms with Gasteiger partial charge in [-0.05, 0) is 24.5 Å². The van der Waals surface area contributed by atoms with Gasteiger partial charge in [-0.15, -0.1) is 0 Å². The van der Waals surface area contributed by atoms with Crippen molar-refractivity contribution in [2.45, 2.75) is 65.7 Å². The van der Waals surface area contributed by atoms with Gasteiger partial charge in [-0.1, -0.05) is 71.1 Å². The minimum absolute atomic E-state index is 0.450. The monoisotopic (exact) mass is 236 g/mol. The van der Waals surface area contributed by atoms with Crippen LogP contribution in [0.3, 0.4) is 0 Å². The fraction of sp³-hybridized carbons (Fsp3) is 0.625. The first-order valence-electron chi connectivity index (χ1n) is 7.11. The molecule has 1 aromatic rings. The van der Waals surface area contributed by atoms with Gasteiger partial charge in [0.2, 0.25) is 0 Å². The van der Waals surface area contributed by atoms with E-state index in [0.717, 1.165) is 12.0 Å². The molecule has 1 N–H and O–H groups in total. The minimum Gasteiger partial charge on any atom is -0.508 e. The van der Waals surface area contributed by atoms with E-state index in [2.05, 4.69) is 6.92 Å². The van der Waals surface area contributed by atoms with Crippen LogP contribution >= 0.6 is 0 Å². The third kappa shape index (κ3) is 7.84. The number of rotatable bonds is 7. The fourth-order valence-corrected chi connectivity index (χ4v) is 1.82. The second-order valence-corrected chi connectivity index (χ2v) is 4.15. The first kappa shape index (κ1) is 16.0. The highest BCUT2D eigenvalue weighted by molar-refractivity contribution is 5.31. The summed E-state index contributed by atoms with van der Waals surface area (Å²) >= 11 is 0. The van der Waals surface area contributed by atoms with Crippen molar-refractivity contribution in [3.05, 3.63) is 29.8 Å². The maximum atomic E-state index is 9.55. The predicted octanol–water partition coefficient (Wildman–Crippen LogP) is 5.32. The maximum Gasteiger partial charge on any atom is 0.118 e. The normalized spacial score (nSPS) is 9.59. The van der Waals surface area contributed by atoms with Crippen molar-refractivity contribution in [3.8, 4) is 5.75 Å². The smallest absolute Gasteiger partial charge is 0.118 e. The van der Waals surface area contributed by atoms with Gasteiger partial charge in [0.05, 0.1) is 0 Å². The molecule has 0 heterocycles. The van der Waals surface area contributed by atoms with Gasteiger partial charge in [0, 0.05) is 0 Å². The van der Waals surface area contributed by atoms with Crippen molar-refractivity contribution in [1.29, 1.82) is 0 Å². The molecule has 0 spiro atoms. The lowest BCUT2D eigenvalue weighted by Gasteiger charge is -2.03. The summed E-state index contributed by atoms with van der Waals surface area (Å²) in [5.74, 6) is 0.450. The van der Waals surface area contributed by atoms with Gasteiger partial charge in [0.25, 0.3) is 0 Å². The van der Waals surface area contributed by atoms with E-state index in [1.165, 1.54) is 38.5 Å². The Bertz CT molecular complexity index is 268. The molecule has 0 radical (unpaired) electrons. The Hall–Kier alpha value is -0.980. The quantitative estimate of drug-likeness (QED) is 0.635. The molecule has 0 saturated carbocycles. The molecule has 1 aromatic carbocycles. The molecule has 0 aliphatic carbocycles. The number of hydrogen-bond acceptors (Lipinski definition) is 1. The van der Waals surface area contributed by atoms with Crippen LogP contribution in [0.5, 0.6) is 5.75 Å². The first-order chi connectivity index (χ1) is 8.34. The minimum atomic E-state index is 0.450. The Morgan fingerprint density at radius 3 is 2.12 bits per heavy atom. The lowest BCUT2D eigenvalue weighted by atomic mass is 10.0. The SMILES string of the molecule is CC.CCCCCCCCc1ccccc1O. The number of benzene rings is 1. The van der Waals surface area contributed by atoms with E-state index in [9.17, 15) is 5.11 Å². The Morgan fingerprint density at radius 2 is 1.47 bits per heavy atom. The third-order valence-corrected chi connectivity index (χ3v) is 2.79. The molecule has 0 aliphatic heterocycles. The topological polar surface area (TPSA) is 20.2 Å². The van der Waals surface area contributed by atoms with Crippen LogP contribution in [0, 0.1) is 0 Å². The van der Waals surface area contributed by atoms with Crippen LogP contribution in [-0.4, -0.2) is 5.11 Å². The number of para-hydroxylation sites is 1. The van der Waals surface area contributed by atoms with Crippen LogP contribution < -0.4 is 0 Å². The first-order valence-corrected chi connectivity index (χ1v) is 7.11. The van der Waals surface area contributed by atoms with Gasteiger partial charge >= 0.3 is 0 Å². The largest absolute Gasteiger partial charge is 0.508 e. The molecule has 0 saturated heterocycles. The molecule has 1 rings (SSSR count). The summed E-state index contributed by atoms with van der Waals surface area (Å²) in [7, 11) is 0. The van der Waals surface area contributed by atoms with E-state index in [4.69, 9.17) is 0 Å². The summed E-state index contributed by atoms with van der Waals surface area (Å²) in [6.07, 6.45) is 8.85. The fourth-order valence-electron chi connectivity index (χ4n) is 1.82. The molecule has 0 amide bonds. The average molecular weight is 236 g/mol. The number of aryl methyl sites for hydroxylation is 1. The van der Waals surface area contributed by atoms with Crippen molar-refractivity contribution in [1.82, 2.24) is 0 Å². The van der Waals surface area contributed by atoms with Crippen molar-refractivity contribution < 1.29 is 5.11 Å². The van der Waals surface area contributed by atoms with Crippen molar-refractivity contribution in [2.24, 2.45) is 0 Å². The average Bonchev–Trinajstić information content (AvgIpc) is 2.38. The van der Waals surface area contributed by atoms with E-state index >= 15 is 0 Å². The summed E-state index contributed by atoms with van der Waals surface area (Å²) in [5, 5.41) is 9.55. The van der Waals surface area contributed by atoms with Crippen molar-refractivity contribution >= 4 is 0 Å². The van der Waals surface area contributed by atoms with Crippen LogP contribution in [0.25, 0.3) is 0 Å². The van der Waals surface area contributed by atoms with E-state index in [-0.39, 0.29) is 0 Å². The highest BCUT2D eigenvalue weighted by Crippen LogP contribution is 2.18. The lowest BCUT2D eigenvalue weighted by Crippen LogP contribution is -1.86. The molecule has 1 nitrogen and oxygen atoms in total. The Labute approximate surface area is 107 Å². The second kappa shape index (κ2) is 11.5. The van der Waals surface area contributed by atoms with E-state index in [0.29, 0.717) is 5.75 Å². The van der Waals surface area contributed by atoms with Crippen LogP contribution in [0.4, 0.5) is 0 Å². The summed E-state index contributed by atoms with van der Waals surface area (Å²) in [4.78, 5) is 0. The number of hydrogen-bond donors (Lipinski definition) is 1. The zero-order valence-corrected chi connectivity index (χ0v) is 11.7. The zero-order chi connectivity index (χ0) is 12.9. The second-order valence-electron chi connectivity index (χ2n) is 4.15. The number of aromatic hydroxyl groups is 1. The molecule has 0 fully saturated rings. The molecule has 98 valence electrons. The van der Waals surface area contributed by atoms with Gasteiger partial charge in [-0.2, -0.15) is 0 Å². The van der Waals surface area contributed by atoms with Gasteiger partial charge in [0.1, 0.15) is 5.75 Å². The summed E-state index contributed by atoms with van der Waals surface area (Å²) in [6.45, 7) is 6.24. The highest BCUT2D eigenvalue weighted by Gasteiger charge is 1.98. The lowest BCUT2D eigenvalue weighted by molar-refractivity contribution is 0.466. The van der Waals surface area contributed by atoms with Gasteiger partial charge in [0.15, 0.2) is 0 Å². The molecule has 17 heavy (non-hydrogen) atoms. The summed E-state index contributed by atoms with van der Waals surface area (Å²) in [6, 6.07) is 7.65. The Kier molecular flexibility index (Phi) is 10.8. The van der Waals surface area contributed by atoms with Gasteiger partial charge in [-0.25, -0.2) is 0 Å². The molecule has 0 aliphatic rings. The number of phenolic OH excluding ortho intramolecular Hbond substituents is 1. The summed E-state index contributed by atoms with van der Waals surface area (Å²) in [5.41, 5.74) is 1.09. The highest BCUT2D eigenvalue weighted by atomic mass is 16.3. The molecule has 0 unspecified atom stereocenters. The van der Waals surface area contributed by atoms with Gasteiger partial charge in [-0.3, -0.25) is 0 Å². The van der Waals surface area contributed by atoms with Crippen LogP contribution in [0.1, 0.15) is 64.9 Å². The van der Waals surface area contributed by atoms with Gasteiger partial charge < -0.3 is 5.11 Å². The van der Waals surface area contributed by atoms with Crippen LogP contribution in [-0.2, 0) is 6.42 Å². The van der Waals surface area contributed by atoms with Crippen LogP contribution in [0.15, 0.2) is 24.3 Å². The molecule has 1 heteroatoms. The Morgan fingerprint density at radius 1 is 0.882 bits per heavy atom. The zero-order valence-electron chi connectivity index (χ0n) is 11.7. The van der Waals surface area contributed by atoms with E-state index < -0.39 is 0 Å². The molecular weight excluding hydrogens is 208 g/mol. The standard InChI is InChI=1S/C14H22O.C2H6/c1-2-3-4-5-6-7-10-13-11-8-9-12-14(13)15;1-2/h8-9,11-12,15H,2-7,10H2,1H3;1-2H3. The number of phenols is 1. The maximum absolute atomic E-state index is 9.55. The number of unbranched alkanes of at least 4 members (excludes halogenated alkanes) is 5. The predicted molar refractivity (Wildman–Crippen MR) is 76.5 cm³/mol. The summed E-state index contributed by atoms with van der Waals surface area (Å²) < 4.78 is 0. The van der Waals surface area contributed by atoms with E-state index in [1.54, 1.807) is 6.07 Å². The Balaban J connectivity index is 0.00000121. The molecule has 0 atom stereocenters.